The number of benzene rings is 3. The molecule has 1 aliphatic heterocycles. The fraction of sp³-hybridized carbons (Fsp3) is 0.400. The lowest BCUT2D eigenvalue weighted by molar-refractivity contribution is -0.217. The molecule has 8 heteroatoms. The maximum Gasteiger partial charge on any atom is 0.194 e. The molecule has 38 heavy (non-hydrogen) atoms. The Labute approximate surface area is 217 Å². The van der Waals surface area contributed by atoms with Crippen LogP contribution >= 0.6 is 0 Å². The van der Waals surface area contributed by atoms with Crippen LogP contribution in [0.3, 0.4) is 0 Å². The maximum atomic E-state index is 15.0. The number of ether oxygens (including phenoxy) is 2. The highest BCUT2D eigenvalue weighted by atomic mass is 19.2. The molecule has 0 N–H and O–H groups in total. The van der Waals surface area contributed by atoms with E-state index >= 15 is 8.78 Å². The van der Waals surface area contributed by atoms with E-state index in [1.807, 2.05) is 6.92 Å². The van der Waals surface area contributed by atoms with Crippen molar-refractivity contribution in [2.45, 2.75) is 57.2 Å². The molecule has 1 heterocycles. The zero-order chi connectivity index (χ0) is 27.0. The van der Waals surface area contributed by atoms with E-state index in [9.17, 15) is 17.6 Å². The lowest BCUT2D eigenvalue weighted by Crippen LogP contribution is -2.38. The highest BCUT2D eigenvalue weighted by Crippen LogP contribution is 2.41. The Balaban J connectivity index is 1.21. The number of aryl methyl sites for hydroxylation is 1. The van der Waals surface area contributed by atoms with Crippen molar-refractivity contribution in [3.8, 4) is 11.1 Å². The molecule has 0 bridgehead atoms. The van der Waals surface area contributed by atoms with Crippen molar-refractivity contribution in [1.29, 1.82) is 0 Å². The third-order valence-corrected chi connectivity index (χ3v) is 7.80. The molecule has 0 spiro atoms. The highest BCUT2D eigenvalue weighted by molar-refractivity contribution is 5.65. The second-order valence-electron chi connectivity index (χ2n) is 10.2. The molecule has 1 saturated heterocycles. The Morgan fingerprint density at radius 1 is 0.684 bits per heavy atom. The van der Waals surface area contributed by atoms with Gasteiger partial charge in [0.1, 0.15) is 17.5 Å². The van der Waals surface area contributed by atoms with Gasteiger partial charge in [-0.15, -0.1) is 0 Å². The molecule has 2 fully saturated rings. The number of rotatable bonds is 5. The molecule has 3 aromatic rings. The Bertz CT molecular complexity index is 1260. The van der Waals surface area contributed by atoms with Gasteiger partial charge in [0.05, 0.1) is 13.2 Å². The van der Waals surface area contributed by atoms with E-state index in [0.29, 0.717) is 37.7 Å². The number of hydrogen-bond donors (Lipinski definition) is 0. The molecule has 3 aromatic carbocycles. The van der Waals surface area contributed by atoms with E-state index in [-0.39, 0.29) is 41.7 Å². The standard InChI is InChI=1S/C30H28F6O2/c1-2-16-3-8-22(23(31)9-16)20-12-24(32)28(25(33)13-20)21-14-37-30(38-15-21)18-6-4-17(5-7-18)19-10-26(34)29(36)27(35)11-19/h3,8-13,17-18,21,30H,2,4-7,14-15H2,1H3. The summed E-state index contributed by atoms with van der Waals surface area (Å²) in [7, 11) is 0. The first-order valence-corrected chi connectivity index (χ1v) is 12.9. The van der Waals surface area contributed by atoms with Crippen molar-refractivity contribution in [3.05, 3.63) is 94.1 Å². The number of hydrogen-bond acceptors (Lipinski definition) is 2. The van der Waals surface area contributed by atoms with Crippen molar-refractivity contribution in [1.82, 2.24) is 0 Å². The van der Waals surface area contributed by atoms with Gasteiger partial charge < -0.3 is 9.47 Å². The molecule has 5 rings (SSSR count). The van der Waals surface area contributed by atoms with Crippen molar-refractivity contribution >= 4 is 0 Å². The molecule has 0 atom stereocenters. The quantitative estimate of drug-likeness (QED) is 0.243. The van der Waals surface area contributed by atoms with Gasteiger partial charge in [0, 0.05) is 23.0 Å². The van der Waals surface area contributed by atoms with Crippen LogP contribution in [0.4, 0.5) is 26.3 Å². The lowest BCUT2D eigenvalue weighted by Gasteiger charge is -2.38. The van der Waals surface area contributed by atoms with Gasteiger partial charge in [-0.2, -0.15) is 0 Å². The van der Waals surface area contributed by atoms with Gasteiger partial charge in [-0.25, -0.2) is 26.3 Å². The van der Waals surface area contributed by atoms with E-state index in [2.05, 4.69) is 0 Å². The Kier molecular flexibility index (Phi) is 7.82. The summed E-state index contributed by atoms with van der Waals surface area (Å²) in [6.07, 6.45) is 2.69. The first-order valence-electron chi connectivity index (χ1n) is 12.9. The molecule has 1 aliphatic carbocycles. The molecule has 0 amide bonds. The minimum absolute atomic E-state index is 0.0217. The van der Waals surface area contributed by atoms with Crippen LogP contribution in [0.15, 0.2) is 42.5 Å². The molecule has 2 nitrogen and oxygen atoms in total. The van der Waals surface area contributed by atoms with Gasteiger partial charge in [0.25, 0.3) is 0 Å². The molecule has 2 aliphatic rings. The summed E-state index contributed by atoms with van der Waals surface area (Å²) in [5.74, 6) is -6.70. The van der Waals surface area contributed by atoms with Crippen LogP contribution in [0.5, 0.6) is 0 Å². The van der Waals surface area contributed by atoms with Crippen molar-refractivity contribution in [3.63, 3.8) is 0 Å². The lowest BCUT2D eigenvalue weighted by atomic mass is 9.78. The molecule has 0 unspecified atom stereocenters. The molecular weight excluding hydrogens is 506 g/mol. The average Bonchev–Trinajstić information content (AvgIpc) is 2.91. The average molecular weight is 535 g/mol. The molecular formula is C30H28F6O2. The Hall–Kier alpha value is -2.84. The fourth-order valence-corrected chi connectivity index (χ4v) is 5.64. The molecule has 0 radical (unpaired) electrons. The van der Waals surface area contributed by atoms with Gasteiger partial charge in [-0.3, -0.25) is 0 Å². The zero-order valence-electron chi connectivity index (χ0n) is 20.9. The molecule has 202 valence electrons. The van der Waals surface area contributed by atoms with Gasteiger partial charge in [-0.1, -0.05) is 19.1 Å². The predicted octanol–water partition coefficient (Wildman–Crippen LogP) is 8.18. The number of halogens is 6. The minimum Gasteiger partial charge on any atom is -0.352 e. The van der Waals surface area contributed by atoms with E-state index in [1.165, 1.54) is 12.1 Å². The first-order chi connectivity index (χ1) is 18.2. The van der Waals surface area contributed by atoms with E-state index in [4.69, 9.17) is 9.47 Å². The molecule has 0 aromatic heterocycles. The second kappa shape index (κ2) is 11.1. The summed E-state index contributed by atoms with van der Waals surface area (Å²) < 4.78 is 96.8. The zero-order valence-corrected chi connectivity index (χ0v) is 20.9. The SMILES string of the molecule is CCc1ccc(-c2cc(F)c(C3COC(C4CCC(c5cc(F)c(F)c(F)c5)CC4)OC3)c(F)c2)c(F)c1. The normalized spacial score (nSPS) is 24.0. The third-order valence-electron chi connectivity index (χ3n) is 7.80. The summed E-state index contributed by atoms with van der Waals surface area (Å²) in [5, 5.41) is 0. The smallest absolute Gasteiger partial charge is 0.194 e. The summed E-state index contributed by atoms with van der Waals surface area (Å²) >= 11 is 0. The van der Waals surface area contributed by atoms with Crippen molar-refractivity contribution in [2.75, 3.05) is 13.2 Å². The molecule has 1 saturated carbocycles. The van der Waals surface area contributed by atoms with Crippen LogP contribution in [-0.4, -0.2) is 19.5 Å². The largest absolute Gasteiger partial charge is 0.352 e. The topological polar surface area (TPSA) is 18.5 Å². The van der Waals surface area contributed by atoms with Gasteiger partial charge in [0.2, 0.25) is 0 Å². The van der Waals surface area contributed by atoms with Crippen molar-refractivity contribution in [2.24, 2.45) is 5.92 Å². The van der Waals surface area contributed by atoms with Gasteiger partial charge in [-0.05, 0) is 85.0 Å². The monoisotopic (exact) mass is 534 g/mol. The van der Waals surface area contributed by atoms with Crippen LogP contribution in [0.1, 0.15) is 61.1 Å². The Morgan fingerprint density at radius 3 is 1.84 bits per heavy atom. The van der Waals surface area contributed by atoms with Crippen LogP contribution < -0.4 is 0 Å². The third kappa shape index (κ3) is 5.34. The van der Waals surface area contributed by atoms with E-state index in [1.54, 1.807) is 6.07 Å². The minimum atomic E-state index is -1.47. The first kappa shape index (κ1) is 26.8. The van der Waals surface area contributed by atoms with Gasteiger partial charge in [0.15, 0.2) is 23.7 Å². The second-order valence-corrected chi connectivity index (χ2v) is 10.2. The summed E-state index contributed by atoms with van der Waals surface area (Å²) in [6.45, 7) is 2.02. The van der Waals surface area contributed by atoms with E-state index in [0.717, 1.165) is 29.8 Å². The highest BCUT2D eigenvalue weighted by Gasteiger charge is 2.35. The maximum absolute atomic E-state index is 15.0. The fourth-order valence-electron chi connectivity index (χ4n) is 5.64. The summed E-state index contributed by atoms with van der Waals surface area (Å²) in [6, 6.07) is 8.99. The van der Waals surface area contributed by atoms with Crippen LogP contribution in [0.2, 0.25) is 0 Å². The van der Waals surface area contributed by atoms with Crippen LogP contribution in [-0.2, 0) is 15.9 Å². The summed E-state index contributed by atoms with van der Waals surface area (Å²) in [4.78, 5) is 0. The van der Waals surface area contributed by atoms with Crippen molar-refractivity contribution < 1.29 is 35.8 Å². The predicted molar refractivity (Wildman–Crippen MR) is 131 cm³/mol. The van der Waals surface area contributed by atoms with E-state index < -0.39 is 47.1 Å². The van der Waals surface area contributed by atoms with Crippen LogP contribution in [0, 0.1) is 40.8 Å². The van der Waals surface area contributed by atoms with Gasteiger partial charge >= 0.3 is 0 Å². The van der Waals surface area contributed by atoms with Crippen LogP contribution in [0.25, 0.3) is 11.1 Å². The Morgan fingerprint density at radius 2 is 1.29 bits per heavy atom. The summed E-state index contributed by atoms with van der Waals surface area (Å²) in [5.41, 5.74) is 1.33.